The second-order valence-electron chi connectivity index (χ2n) is 7.34. The average molecular weight is 479 g/mol. The lowest BCUT2D eigenvalue weighted by atomic mass is 10.1. The largest absolute Gasteiger partial charge is 0.503 e. The lowest BCUT2D eigenvalue weighted by Gasteiger charge is -2.02. The van der Waals surface area contributed by atoms with Crippen molar-refractivity contribution in [1.82, 2.24) is 4.57 Å². The molecule has 0 aliphatic rings. The number of carbonyl (C=O) groups excluding carboxylic acids is 2. The fourth-order valence-electron chi connectivity index (χ4n) is 3.20. The van der Waals surface area contributed by atoms with Gasteiger partial charge in [0.25, 0.3) is 5.91 Å². The van der Waals surface area contributed by atoms with Crippen LogP contribution in [-0.4, -0.2) is 29.8 Å². The lowest BCUT2D eigenvalue weighted by molar-refractivity contribution is 0.0887. The summed E-state index contributed by atoms with van der Waals surface area (Å²) in [6.45, 7) is 0. The summed E-state index contributed by atoms with van der Waals surface area (Å²) in [5, 5.41) is 10.1. The minimum absolute atomic E-state index is 0.0596. The number of allylic oxidation sites excluding steroid dienone is 2. The zero-order valence-electron chi connectivity index (χ0n) is 17.6. The number of aliphatic hydroxyl groups excluding tert-OH is 1. The van der Waals surface area contributed by atoms with Gasteiger partial charge in [-0.15, -0.1) is 0 Å². The molecule has 34 heavy (non-hydrogen) atoms. The average Bonchev–Trinajstić information content (AvgIpc) is 3.51. The monoisotopic (exact) mass is 479 g/mol. The molecule has 0 saturated carbocycles. The van der Waals surface area contributed by atoms with Crippen LogP contribution in [0.4, 0.5) is 4.39 Å². The van der Waals surface area contributed by atoms with Crippen LogP contribution in [0.3, 0.4) is 0 Å². The number of aliphatic hydroxyl groups is 1. The molecule has 4 rings (SSSR count). The third-order valence-electron chi connectivity index (χ3n) is 4.95. The summed E-state index contributed by atoms with van der Waals surface area (Å²) >= 11 is 0. The van der Waals surface area contributed by atoms with Gasteiger partial charge in [0.15, 0.2) is 11.5 Å². The number of furan rings is 1. The molecule has 0 spiro atoms. The van der Waals surface area contributed by atoms with Crippen LogP contribution in [-0.2, 0) is 16.3 Å². The van der Waals surface area contributed by atoms with Gasteiger partial charge < -0.3 is 9.52 Å². The lowest BCUT2D eigenvalue weighted by Crippen LogP contribution is -2.13. The van der Waals surface area contributed by atoms with Crippen molar-refractivity contribution in [3.8, 4) is 0 Å². The van der Waals surface area contributed by atoms with Crippen molar-refractivity contribution < 1.29 is 31.9 Å². The number of benzene rings is 2. The molecule has 0 amide bonds. The van der Waals surface area contributed by atoms with Gasteiger partial charge in [-0.25, -0.2) is 12.8 Å². The normalized spacial score (nSPS) is 12.0. The molecule has 0 saturated heterocycles. The Morgan fingerprint density at radius 2 is 1.65 bits per heavy atom. The number of carbonyl (C=O) groups is 2. The molecule has 0 atom stereocenters. The highest BCUT2D eigenvalue weighted by Gasteiger charge is 2.21. The van der Waals surface area contributed by atoms with E-state index in [1.54, 1.807) is 36.4 Å². The first-order valence-electron chi connectivity index (χ1n) is 10.0. The van der Waals surface area contributed by atoms with Crippen LogP contribution in [0.2, 0.25) is 0 Å². The molecule has 172 valence electrons. The highest BCUT2D eigenvalue weighted by atomic mass is 32.2. The van der Waals surface area contributed by atoms with E-state index >= 15 is 0 Å². The maximum Gasteiger partial charge on any atom is 0.296 e. The molecule has 0 aliphatic carbocycles. The minimum Gasteiger partial charge on any atom is -0.503 e. The summed E-state index contributed by atoms with van der Waals surface area (Å²) in [5.74, 6) is -2.65. The van der Waals surface area contributed by atoms with E-state index in [1.807, 2.05) is 0 Å². The van der Waals surface area contributed by atoms with E-state index in [0.717, 1.165) is 16.3 Å². The number of aromatic nitrogens is 1. The van der Waals surface area contributed by atoms with Gasteiger partial charge in [0.2, 0.25) is 15.6 Å². The van der Waals surface area contributed by atoms with Gasteiger partial charge in [0, 0.05) is 24.9 Å². The number of hydrogen-bond donors (Lipinski definition) is 1. The molecule has 0 fully saturated rings. The third kappa shape index (κ3) is 4.89. The molecule has 0 radical (unpaired) electrons. The van der Waals surface area contributed by atoms with E-state index < -0.39 is 27.3 Å². The maximum absolute atomic E-state index is 13.0. The van der Waals surface area contributed by atoms with Crippen molar-refractivity contribution in [3.63, 3.8) is 0 Å². The summed E-state index contributed by atoms with van der Waals surface area (Å²) in [4.78, 5) is 24.8. The van der Waals surface area contributed by atoms with Crippen molar-refractivity contribution in [1.29, 1.82) is 0 Å². The van der Waals surface area contributed by atoms with Gasteiger partial charge in [-0.05, 0) is 48.0 Å². The first-order chi connectivity index (χ1) is 16.2. The third-order valence-corrected chi connectivity index (χ3v) is 6.70. The van der Waals surface area contributed by atoms with E-state index in [1.165, 1.54) is 42.6 Å². The van der Waals surface area contributed by atoms with Crippen molar-refractivity contribution in [2.24, 2.45) is 0 Å². The molecular formula is C25H18FNO6S. The molecule has 0 bridgehead atoms. The SMILES string of the molecule is O=C(C=C(O)C(=O)n1ccc(S(=O)(=O)c2ccccc2)c1)c1ccc(Cc2ccc(F)cc2)o1. The van der Waals surface area contributed by atoms with Crippen molar-refractivity contribution >= 4 is 21.5 Å². The second-order valence-corrected chi connectivity index (χ2v) is 9.29. The molecule has 2 aromatic heterocycles. The fourth-order valence-corrected chi connectivity index (χ4v) is 4.48. The van der Waals surface area contributed by atoms with Crippen LogP contribution in [0.5, 0.6) is 0 Å². The van der Waals surface area contributed by atoms with Crippen LogP contribution in [0.15, 0.2) is 111 Å². The molecule has 4 aromatic rings. The fraction of sp³-hybridized carbons (Fsp3) is 0.0400. The Morgan fingerprint density at radius 1 is 0.941 bits per heavy atom. The zero-order valence-corrected chi connectivity index (χ0v) is 18.4. The highest BCUT2D eigenvalue weighted by molar-refractivity contribution is 7.91. The van der Waals surface area contributed by atoms with E-state index in [2.05, 4.69) is 0 Å². The molecule has 7 nitrogen and oxygen atoms in total. The number of halogens is 1. The molecule has 1 N–H and O–H groups in total. The minimum atomic E-state index is -3.85. The molecule has 0 unspecified atom stereocenters. The van der Waals surface area contributed by atoms with Crippen LogP contribution in [0.1, 0.15) is 26.7 Å². The molecule has 2 aromatic carbocycles. The summed E-state index contributed by atoms with van der Waals surface area (Å²) in [6.07, 6.45) is 3.27. The number of rotatable bonds is 7. The molecule has 9 heteroatoms. The Hall–Kier alpha value is -4.24. The Kier molecular flexibility index (Phi) is 6.29. The Bertz CT molecular complexity index is 1480. The molecule has 2 heterocycles. The maximum atomic E-state index is 13.0. The standard InChI is InChI=1S/C25H18FNO6S/c26-18-8-6-17(7-9-18)14-19-10-11-24(33-19)22(28)15-23(29)25(30)27-13-12-21(16-27)34(31,32)20-4-2-1-3-5-20/h1-13,15-16,29H,14H2. The number of hydrogen-bond acceptors (Lipinski definition) is 6. The first kappa shape index (κ1) is 22.9. The Balaban J connectivity index is 1.47. The van der Waals surface area contributed by atoms with Crippen molar-refractivity contribution in [3.05, 3.63) is 120 Å². The second kappa shape index (κ2) is 9.32. The number of sulfone groups is 1. The summed E-state index contributed by atoms with van der Waals surface area (Å²) in [7, 11) is -3.85. The van der Waals surface area contributed by atoms with E-state index in [0.29, 0.717) is 18.3 Å². The topological polar surface area (TPSA) is 107 Å². The summed E-state index contributed by atoms with van der Waals surface area (Å²) < 4.78 is 44.7. The van der Waals surface area contributed by atoms with Gasteiger partial charge >= 0.3 is 0 Å². The van der Waals surface area contributed by atoms with Gasteiger partial charge in [0.1, 0.15) is 11.6 Å². The quantitative estimate of drug-likeness (QED) is 0.236. The van der Waals surface area contributed by atoms with Gasteiger partial charge in [-0.2, -0.15) is 0 Å². The predicted molar refractivity (Wildman–Crippen MR) is 120 cm³/mol. The van der Waals surface area contributed by atoms with E-state index in [9.17, 15) is 27.5 Å². The number of nitrogens with zero attached hydrogens (tertiary/aromatic N) is 1. The Morgan fingerprint density at radius 3 is 2.35 bits per heavy atom. The Labute approximate surface area is 194 Å². The number of ketones is 1. The highest BCUT2D eigenvalue weighted by Crippen LogP contribution is 2.21. The van der Waals surface area contributed by atoms with E-state index in [4.69, 9.17) is 4.42 Å². The first-order valence-corrected chi connectivity index (χ1v) is 11.5. The molecule has 0 aliphatic heterocycles. The summed E-state index contributed by atoms with van der Waals surface area (Å²) in [5.41, 5.74) is 0.775. The van der Waals surface area contributed by atoms with Gasteiger partial charge in [-0.1, -0.05) is 30.3 Å². The van der Waals surface area contributed by atoms with Crippen molar-refractivity contribution in [2.75, 3.05) is 0 Å². The van der Waals surface area contributed by atoms with Crippen LogP contribution < -0.4 is 0 Å². The van der Waals surface area contributed by atoms with Crippen LogP contribution in [0.25, 0.3) is 0 Å². The molecular weight excluding hydrogens is 461 g/mol. The van der Waals surface area contributed by atoms with Crippen LogP contribution >= 0.6 is 0 Å². The van der Waals surface area contributed by atoms with Crippen LogP contribution in [0, 0.1) is 5.82 Å². The van der Waals surface area contributed by atoms with Gasteiger partial charge in [-0.3, -0.25) is 14.2 Å². The van der Waals surface area contributed by atoms with E-state index in [-0.39, 0.29) is 21.4 Å². The van der Waals surface area contributed by atoms with Crippen molar-refractivity contribution in [2.45, 2.75) is 16.2 Å². The smallest absolute Gasteiger partial charge is 0.296 e. The van der Waals surface area contributed by atoms with Gasteiger partial charge in [0.05, 0.1) is 9.79 Å². The summed E-state index contributed by atoms with van der Waals surface area (Å²) in [6, 6.07) is 17.7. The predicted octanol–water partition coefficient (Wildman–Crippen LogP) is 4.61. The zero-order chi connectivity index (χ0) is 24.3.